The molecule has 0 aliphatic carbocycles. The highest BCUT2D eigenvalue weighted by molar-refractivity contribution is 6.99. The maximum absolute atomic E-state index is 11.9. The molecule has 6 heteroatoms. The Bertz CT molecular complexity index is 757. The third kappa shape index (κ3) is 3.92. The summed E-state index contributed by atoms with van der Waals surface area (Å²) in [4.78, 5) is 11.9. The quantitative estimate of drug-likeness (QED) is 0.745. The van der Waals surface area contributed by atoms with Crippen LogP contribution >= 0.6 is 11.7 Å². The Morgan fingerprint density at radius 3 is 2.39 bits per heavy atom. The lowest BCUT2D eigenvalue weighted by atomic mass is 10.1. The van der Waals surface area contributed by atoms with Crippen molar-refractivity contribution < 1.29 is 4.79 Å². The van der Waals surface area contributed by atoms with Crippen LogP contribution in [0.1, 0.15) is 29.0 Å². The highest BCUT2D eigenvalue weighted by Crippen LogP contribution is 2.20. The molecule has 0 aliphatic heterocycles. The minimum atomic E-state index is -0.253. The van der Waals surface area contributed by atoms with E-state index in [1.807, 2.05) is 42.5 Å². The van der Waals surface area contributed by atoms with Crippen molar-refractivity contribution in [2.45, 2.75) is 13.0 Å². The Labute approximate surface area is 138 Å². The fraction of sp³-hybridized carbons (Fsp3) is 0.118. The molecule has 1 atom stereocenters. The summed E-state index contributed by atoms with van der Waals surface area (Å²) < 4.78 is 7.73. The van der Waals surface area contributed by atoms with E-state index in [1.54, 1.807) is 0 Å². The molecular weight excluding hydrogens is 308 g/mol. The average Bonchev–Trinajstić information content (AvgIpc) is 3.12. The standard InChI is InChI=1S/C17H16N4OS/c1-12(13-5-3-2-4-6-13)19-14-7-9-15(10-8-14)20-17(22)16-11-18-23-21-16/h2-12,19H,1H3,(H,20,22)/t12-/m0/s1. The molecule has 3 aromatic rings. The summed E-state index contributed by atoms with van der Waals surface area (Å²) in [6, 6.07) is 18.0. The molecule has 0 saturated heterocycles. The van der Waals surface area contributed by atoms with Gasteiger partial charge in [0.25, 0.3) is 5.91 Å². The van der Waals surface area contributed by atoms with Gasteiger partial charge in [-0.25, -0.2) is 0 Å². The third-order valence-electron chi connectivity index (χ3n) is 3.42. The van der Waals surface area contributed by atoms with Gasteiger partial charge in [0.05, 0.1) is 17.9 Å². The van der Waals surface area contributed by atoms with Crippen molar-refractivity contribution in [3.8, 4) is 0 Å². The molecule has 0 fully saturated rings. The number of rotatable bonds is 5. The second-order valence-electron chi connectivity index (χ2n) is 5.10. The van der Waals surface area contributed by atoms with Crippen LogP contribution in [0, 0.1) is 0 Å². The average molecular weight is 324 g/mol. The van der Waals surface area contributed by atoms with Gasteiger partial charge in [-0.2, -0.15) is 8.75 Å². The van der Waals surface area contributed by atoms with Gasteiger partial charge in [-0.1, -0.05) is 30.3 Å². The predicted molar refractivity (Wildman–Crippen MR) is 92.8 cm³/mol. The van der Waals surface area contributed by atoms with Crippen LogP contribution in [0.2, 0.25) is 0 Å². The number of nitrogens with one attached hydrogen (secondary N) is 2. The molecule has 3 rings (SSSR count). The minimum Gasteiger partial charge on any atom is -0.379 e. The normalized spacial score (nSPS) is 11.7. The number of carbonyl (C=O) groups is 1. The molecular formula is C17H16N4OS. The second kappa shape index (κ2) is 7.02. The number of hydrogen-bond donors (Lipinski definition) is 2. The van der Waals surface area contributed by atoms with Gasteiger partial charge >= 0.3 is 0 Å². The monoisotopic (exact) mass is 324 g/mol. The van der Waals surface area contributed by atoms with Gasteiger partial charge in [0.15, 0.2) is 5.69 Å². The molecule has 2 aromatic carbocycles. The number of carbonyl (C=O) groups excluding carboxylic acids is 1. The molecule has 0 unspecified atom stereocenters. The summed E-state index contributed by atoms with van der Waals surface area (Å²) in [6.45, 7) is 2.11. The minimum absolute atomic E-state index is 0.206. The molecule has 116 valence electrons. The topological polar surface area (TPSA) is 66.9 Å². The number of amides is 1. The fourth-order valence-electron chi connectivity index (χ4n) is 2.18. The van der Waals surface area contributed by atoms with Crippen LogP contribution in [0.4, 0.5) is 11.4 Å². The molecule has 5 nitrogen and oxygen atoms in total. The zero-order valence-corrected chi connectivity index (χ0v) is 13.4. The molecule has 23 heavy (non-hydrogen) atoms. The van der Waals surface area contributed by atoms with E-state index in [0.29, 0.717) is 5.69 Å². The Hall–Kier alpha value is -2.73. The van der Waals surface area contributed by atoms with Crippen LogP contribution in [-0.2, 0) is 0 Å². The number of hydrogen-bond acceptors (Lipinski definition) is 5. The zero-order chi connectivity index (χ0) is 16.1. The smallest absolute Gasteiger partial charge is 0.277 e. The lowest BCUT2D eigenvalue weighted by Crippen LogP contribution is -2.12. The SMILES string of the molecule is C[C@H](Nc1ccc(NC(=O)c2cnsn2)cc1)c1ccccc1. The summed E-state index contributed by atoms with van der Waals surface area (Å²) in [5.74, 6) is -0.253. The van der Waals surface area contributed by atoms with Crippen molar-refractivity contribution in [1.29, 1.82) is 0 Å². The van der Waals surface area contributed by atoms with Crippen molar-refractivity contribution in [2.24, 2.45) is 0 Å². The molecule has 1 aromatic heterocycles. The molecule has 0 bridgehead atoms. The second-order valence-corrected chi connectivity index (χ2v) is 5.66. The molecule has 1 amide bonds. The largest absolute Gasteiger partial charge is 0.379 e. The van der Waals surface area contributed by atoms with Gasteiger partial charge in [0.2, 0.25) is 0 Å². The number of nitrogens with zero attached hydrogens (tertiary/aromatic N) is 2. The van der Waals surface area contributed by atoms with Crippen molar-refractivity contribution in [3.05, 3.63) is 72.1 Å². The molecule has 2 N–H and O–H groups in total. The van der Waals surface area contributed by atoms with Crippen LogP contribution in [0.25, 0.3) is 0 Å². The van der Waals surface area contributed by atoms with Crippen LogP contribution in [0.5, 0.6) is 0 Å². The van der Waals surface area contributed by atoms with Crippen molar-refractivity contribution in [3.63, 3.8) is 0 Å². The van der Waals surface area contributed by atoms with Crippen LogP contribution in [0.3, 0.4) is 0 Å². The summed E-state index contributed by atoms with van der Waals surface area (Å²) in [6.07, 6.45) is 1.46. The van der Waals surface area contributed by atoms with Gasteiger partial charge in [-0.3, -0.25) is 4.79 Å². The zero-order valence-electron chi connectivity index (χ0n) is 12.6. The van der Waals surface area contributed by atoms with E-state index in [-0.39, 0.29) is 11.9 Å². The van der Waals surface area contributed by atoms with E-state index in [2.05, 4.69) is 38.4 Å². The van der Waals surface area contributed by atoms with Crippen molar-refractivity contribution in [2.75, 3.05) is 10.6 Å². The Morgan fingerprint density at radius 1 is 1.04 bits per heavy atom. The van der Waals surface area contributed by atoms with E-state index < -0.39 is 0 Å². The predicted octanol–water partition coefficient (Wildman–Crippen LogP) is 3.96. The van der Waals surface area contributed by atoms with Crippen molar-refractivity contribution in [1.82, 2.24) is 8.75 Å². The number of benzene rings is 2. The Kier molecular flexibility index (Phi) is 4.63. The fourth-order valence-corrected chi connectivity index (χ4v) is 2.60. The first kappa shape index (κ1) is 15.2. The maximum Gasteiger partial charge on any atom is 0.277 e. The highest BCUT2D eigenvalue weighted by Gasteiger charge is 2.09. The van der Waals surface area contributed by atoms with E-state index in [1.165, 1.54) is 11.8 Å². The molecule has 0 radical (unpaired) electrons. The first-order valence-electron chi connectivity index (χ1n) is 7.23. The summed E-state index contributed by atoms with van der Waals surface area (Å²) >= 11 is 1.01. The summed E-state index contributed by atoms with van der Waals surface area (Å²) in [5, 5.41) is 6.23. The molecule has 1 heterocycles. The van der Waals surface area contributed by atoms with Gasteiger partial charge in [-0.15, -0.1) is 0 Å². The molecule has 0 aliphatic rings. The van der Waals surface area contributed by atoms with Crippen LogP contribution in [0.15, 0.2) is 60.8 Å². The molecule has 0 saturated carbocycles. The van der Waals surface area contributed by atoms with Crippen LogP contribution < -0.4 is 10.6 Å². The highest BCUT2D eigenvalue weighted by atomic mass is 32.1. The first-order chi connectivity index (χ1) is 11.2. The number of anilines is 2. The lowest BCUT2D eigenvalue weighted by Gasteiger charge is -2.16. The Morgan fingerprint density at radius 2 is 1.74 bits per heavy atom. The Balaban J connectivity index is 1.62. The molecule has 0 spiro atoms. The third-order valence-corrected chi connectivity index (χ3v) is 3.90. The van der Waals surface area contributed by atoms with E-state index in [0.717, 1.165) is 23.1 Å². The van der Waals surface area contributed by atoms with Crippen LogP contribution in [-0.4, -0.2) is 14.7 Å². The summed E-state index contributed by atoms with van der Waals surface area (Å²) in [5.41, 5.74) is 3.27. The van der Waals surface area contributed by atoms with E-state index in [9.17, 15) is 4.79 Å². The maximum atomic E-state index is 11.9. The van der Waals surface area contributed by atoms with E-state index >= 15 is 0 Å². The van der Waals surface area contributed by atoms with Gasteiger partial charge in [0.1, 0.15) is 0 Å². The van der Waals surface area contributed by atoms with E-state index in [4.69, 9.17) is 0 Å². The first-order valence-corrected chi connectivity index (χ1v) is 7.96. The van der Waals surface area contributed by atoms with Gasteiger partial charge in [-0.05, 0) is 36.8 Å². The summed E-state index contributed by atoms with van der Waals surface area (Å²) in [7, 11) is 0. The number of aromatic nitrogens is 2. The van der Waals surface area contributed by atoms with Gasteiger partial charge < -0.3 is 10.6 Å². The van der Waals surface area contributed by atoms with Crippen molar-refractivity contribution >= 4 is 29.0 Å². The van der Waals surface area contributed by atoms with Gasteiger partial charge in [0, 0.05) is 17.4 Å². The lowest BCUT2D eigenvalue weighted by molar-refractivity contribution is 0.102.